The van der Waals surface area contributed by atoms with Crippen molar-refractivity contribution in [1.82, 2.24) is 14.5 Å². The van der Waals surface area contributed by atoms with Gasteiger partial charge in [0.25, 0.3) is 11.5 Å². The predicted octanol–water partition coefficient (Wildman–Crippen LogP) is 4.37. The summed E-state index contributed by atoms with van der Waals surface area (Å²) in [5, 5.41) is 5.69. The minimum absolute atomic E-state index is 0.00469. The van der Waals surface area contributed by atoms with Crippen LogP contribution in [0.2, 0.25) is 0 Å². The Kier molecular flexibility index (Phi) is 9.42. The number of nitrogens with zero attached hydrogens (tertiary/aromatic N) is 2. The number of carbonyl (C=O) groups is 1. The number of carbonyl (C=O) groups excluding carboxylic acids is 1. The van der Waals surface area contributed by atoms with E-state index in [0.717, 1.165) is 40.7 Å². The highest BCUT2D eigenvalue weighted by atomic mass is 19.1. The van der Waals surface area contributed by atoms with Crippen LogP contribution < -0.4 is 26.6 Å². The maximum atomic E-state index is 15.0. The lowest BCUT2D eigenvalue weighted by Gasteiger charge is -2.27. The number of benzene rings is 2. The number of methoxy groups -OCH3 is 1. The summed E-state index contributed by atoms with van der Waals surface area (Å²) in [5.41, 5.74) is 1.73. The summed E-state index contributed by atoms with van der Waals surface area (Å²) in [6.07, 6.45) is 2.30. The Morgan fingerprint density at radius 2 is 1.84 bits per heavy atom. The zero-order chi connectivity index (χ0) is 31.6. The molecule has 0 saturated carbocycles. The van der Waals surface area contributed by atoms with E-state index in [1.807, 2.05) is 19.9 Å². The van der Waals surface area contributed by atoms with Crippen LogP contribution in [0.15, 0.2) is 46.2 Å². The van der Waals surface area contributed by atoms with E-state index in [1.165, 1.54) is 18.7 Å². The first kappa shape index (κ1) is 31.5. The number of fused-ring (bicyclic) bond motifs is 1. The molecule has 9 nitrogen and oxygen atoms in total. The van der Waals surface area contributed by atoms with Gasteiger partial charge in [0.1, 0.15) is 28.7 Å². The summed E-state index contributed by atoms with van der Waals surface area (Å²) in [7, 11) is 4.44. The molecular formula is C32H38F2N4O5. The zero-order valence-electron chi connectivity index (χ0n) is 25.4. The Morgan fingerprint density at radius 3 is 2.47 bits per heavy atom. The van der Waals surface area contributed by atoms with E-state index in [1.54, 1.807) is 20.0 Å². The van der Waals surface area contributed by atoms with Crippen LogP contribution in [0.3, 0.4) is 0 Å². The van der Waals surface area contributed by atoms with Gasteiger partial charge in [0, 0.05) is 43.5 Å². The molecule has 2 atom stereocenters. The van der Waals surface area contributed by atoms with Gasteiger partial charge in [0.2, 0.25) is 0 Å². The van der Waals surface area contributed by atoms with Gasteiger partial charge in [-0.05, 0) is 56.4 Å². The monoisotopic (exact) mass is 596 g/mol. The standard InChI is InChI=1S/C32H38F2N4O5/c1-8-17(2)35-21-15-24(33)28(25(34)16-21)30(39)36-26(19(4)42-7)14-20-11-12-23(29-22(20)10-9-13-43-29)27-18(3)37(5)32(41)38(6)31(27)40/h11-12,15-17,26,35H,4,8-10,13-14H2,1-3,5-7H3,(H,36,39)/t17-,26-/m0/s1. The summed E-state index contributed by atoms with van der Waals surface area (Å²) in [6.45, 7) is 9.89. The van der Waals surface area contributed by atoms with E-state index in [-0.39, 0.29) is 23.9 Å². The van der Waals surface area contributed by atoms with Gasteiger partial charge in [-0.1, -0.05) is 25.6 Å². The molecule has 1 amide bonds. The zero-order valence-corrected chi connectivity index (χ0v) is 25.4. The maximum absolute atomic E-state index is 15.0. The fourth-order valence-electron chi connectivity index (χ4n) is 5.27. The number of hydrogen-bond acceptors (Lipinski definition) is 6. The van der Waals surface area contributed by atoms with Crippen LogP contribution in [0.25, 0.3) is 11.1 Å². The molecule has 0 spiro atoms. The maximum Gasteiger partial charge on any atom is 0.330 e. The largest absolute Gasteiger partial charge is 0.500 e. The predicted molar refractivity (Wildman–Crippen MR) is 162 cm³/mol. The minimum Gasteiger partial charge on any atom is -0.500 e. The van der Waals surface area contributed by atoms with Crippen molar-refractivity contribution in [2.75, 3.05) is 19.0 Å². The highest BCUT2D eigenvalue weighted by molar-refractivity contribution is 5.95. The number of amides is 1. The molecule has 4 rings (SSSR count). The number of ether oxygens (including phenoxy) is 2. The van der Waals surface area contributed by atoms with Gasteiger partial charge in [0.05, 0.1) is 25.3 Å². The first-order valence-electron chi connectivity index (χ1n) is 14.2. The van der Waals surface area contributed by atoms with Crippen LogP contribution >= 0.6 is 0 Å². The molecular weight excluding hydrogens is 558 g/mol. The summed E-state index contributed by atoms with van der Waals surface area (Å²) in [4.78, 5) is 38.8. The molecule has 1 aliphatic rings. The minimum atomic E-state index is -0.991. The molecule has 2 N–H and O–H groups in total. The van der Waals surface area contributed by atoms with Gasteiger partial charge in [-0.2, -0.15) is 0 Å². The molecule has 230 valence electrons. The first-order valence-corrected chi connectivity index (χ1v) is 14.2. The van der Waals surface area contributed by atoms with Crippen molar-refractivity contribution in [3.05, 3.63) is 91.5 Å². The second-order valence-electron chi connectivity index (χ2n) is 10.9. The molecule has 2 heterocycles. The SMILES string of the molecule is C=C(OC)[C@H](Cc1ccc(-c2c(C)n(C)c(=O)n(C)c2=O)c2c1CCCO2)NC(=O)c1c(F)cc(N[C@@H](C)CC)cc1F. The Balaban J connectivity index is 1.70. The molecule has 0 fully saturated rings. The van der Waals surface area contributed by atoms with Gasteiger partial charge < -0.3 is 24.7 Å². The van der Waals surface area contributed by atoms with Crippen molar-refractivity contribution < 1.29 is 23.0 Å². The molecule has 43 heavy (non-hydrogen) atoms. The third-order valence-corrected chi connectivity index (χ3v) is 8.08. The lowest BCUT2D eigenvalue weighted by atomic mass is 9.90. The van der Waals surface area contributed by atoms with E-state index >= 15 is 0 Å². The molecule has 1 aliphatic heterocycles. The van der Waals surface area contributed by atoms with Crippen LogP contribution in [0.1, 0.15) is 53.9 Å². The lowest BCUT2D eigenvalue weighted by Crippen LogP contribution is -2.39. The van der Waals surface area contributed by atoms with E-state index in [9.17, 15) is 23.2 Å². The fraction of sp³-hybridized carbons (Fsp3) is 0.406. The van der Waals surface area contributed by atoms with Crippen LogP contribution in [0, 0.1) is 18.6 Å². The Bertz CT molecular complexity index is 1670. The smallest absolute Gasteiger partial charge is 0.330 e. The van der Waals surface area contributed by atoms with Gasteiger partial charge in [-0.15, -0.1) is 0 Å². The Hall–Kier alpha value is -4.41. The first-order chi connectivity index (χ1) is 20.4. The quantitative estimate of drug-likeness (QED) is 0.337. The van der Waals surface area contributed by atoms with Crippen molar-refractivity contribution in [2.24, 2.45) is 14.1 Å². The second-order valence-corrected chi connectivity index (χ2v) is 10.9. The fourth-order valence-corrected chi connectivity index (χ4v) is 5.27. The molecule has 3 aromatic rings. The number of halogens is 2. The number of anilines is 1. The van der Waals surface area contributed by atoms with E-state index in [2.05, 4.69) is 17.2 Å². The third kappa shape index (κ3) is 6.21. The number of rotatable bonds is 10. The van der Waals surface area contributed by atoms with E-state index in [4.69, 9.17) is 9.47 Å². The van der Waals surface area contributed by atoms with Crippen molar-refractivity contribution in [1.29, 1.82) is 0 Å². The molecule has 0 radical (unpaired) electrons. The Labute approximate surface area is 249 Å². The van der Waals surface area contributed by atoms with Crippen LogP contribution in [-0.4, -0.2) is 40.8 Å². The van der Waals surface area contributed by atoms with Crippen LogP contribution in [0.4, 0.5) is 14.5 Å². The summed E-state index contributed by atoms with van der Waals surface area (Å²) >= 11 is 0. The molecule has 0 saturated heterocycles. The van der Waals surface area contributed by atoms with Gasteiger partial charge in [0.15, 0.2) is 0 Å². The van der Waals surface area contributed by atoms with Crippen LogP contribution in [-0.2, 0) is 31.7 Å². The van der Waals surface area contributed by atoms with Crippen molar-refractivity contribution in [3.63, 3.8) is 0 Å². The summed E-state index contributed by atoms with van der Waals surface area (Å²) in [6, 6.07) is 4.94. The highest BCUT2D eigenvalue weighted by Crippen LogP contribution is 2.38. The van der Waals surface area contributed by atoms with Gasteiger partial charge in [-0.3, -0.25) is 14.2 Å². The molecule has 0 aliphatic carbocycles. The average Bonchev–Trinajstić information content (AvgIpc) is 2.98. The third-order valence-electron chi connectivity index (χ3n) is 8.08. The molecule has 0 unspecified atom stereocenters. The summed E-state index contributed by atoms with van der Waals surface area (Å²) in [5.74, 6) is -2.21. The van der Waals surface area contributed by atoms with Crippen molar-refractivity contribution >= 4 is 11.6 Å². The molecule has 11 heteroatoms. The normalized spacial score (nSPS) is 13.9. The van der Waals surface area contributed by atoms with Crippen LogP contribution in [0.5, 0.6) is 5.75 Å². The van der Waals surface area contributed by atoms with Crippen molar-refractivity contribution in [2.45, 2.75) is 58.5 Å². The molecule has 0 bridgehead atoms. The topological polar surface area (TPSA) is 104 Å². The van der Waals surface area contributed by atoms with Gasteiger partial charge >= 0.3 is 5.69 Å². The van der Waals surface area contributed by atoms with Gasteiger partial charge in [-0.25, -0.2) is 13.6 Å². The lowest BCUT2D eigenvalue weighted by molar-refractivity contribution is 0.0920. The molecule has 1 aromatic heterocycles. The number of nitrogens with one attached hydrogen (secondary N) is 2. The van der Waals surface area contributed by atoms with E-state index in [0.29, 0.717) is 35.6 Å². The second kappa shape index (κ2) is 12.8. The average molecular weight is 597 g/mol. The molecule has 2 aromatic carbocycles. The Morgan fingerprint density at radius 1 is 1.16 bits per heavy atom. The highest BCUT2D eigenvalue weighted by Gasteiger charge is 2.28. The number of hydrogen-bond donors (Lipinski definition) is 2. The van der Waals surface area contributed by atoms with E-state index < -0.39 is 40.4 Å². The number of aromatic nitrogens is 2. The summed E-state index contributed by atoms with van der Waals surface area (Å²) < 4.78 is 43.9. The van der Waals surface area contributed by atoms with Crippen molar-refractivity contribution in [3.8, 4) is 16.9 Å².